The van der Waals surface area contributed by atoms with Gasteiger partial charge < -0.3 is 14.2 Å². The number of aryl methyl sites for hydroxylation is 1. The van der Waals surface area contributed by atoms with E-state index in [0.717, 1.165) is 49.8 Å². The minimum absolute atomic E-state index is 0.187. The van der Waals surface area contributed by atoms with Gasteiger partial charge in [-0.1, -0.05) is 0 Å². The number of piperidine rings is 1. The van der Waals surface area contributed by atoms with Gasteiger partial charge in [-0.3, -0.25) is 15.0 Å². The first-order chi connectivity index (χ1) is 17.0. The molecule has 3 aliphatic rings. The van der Waals surface area contributed by atoms with E-state index in [-0.39, 0.29) is 18.0 Å². The predicted molar refractivity (Wildman–Crippen MR) is 139 cm³/mol. The molecule has 0 radical (unpaired) electrons. The van der Waals surface area contributed by atoms with Crippen molar-refractivity contribution in [3.63, 3.8) is 0 Å². The van der Waals surface area contributed by atoms with Gasteiger partial charge in [0.15, 0.2) is 0 Å². The zero-order valence-electron chi connectivity index (χ0n) is 21.9. The van der Waals surface area contributed by atoms with Crippen LogP contribution in [0.1, 0.15) is 77.3 Å². The molecule has 0 unspecified atom stereocenters. The Labute approximate surface area is 212 Å². The maximum Gasteiger partial charge on any atom is 0.410 e. The molecule has 1 aromatic heterocycles. The third-order valence-corrected chi connectivity index (χ3v) is 8.27. The number of aromatic nitrogens is 1. The van der Waals surface area contributed by atoms with Crippen LogP contribution < -0.4 is 10.2 Å². The summed E-state index contributed by atoms with van der Waals surface area (Å²) in [5.41, 5.74) is 3.10. The molecule has 36 heavy (non-hydrogen) atoms. The molecule has 0 atom stereocenters. The van der Waals surface area contributed by atoms with E-state index in [2.05, 4.69) is 35.1 Å². The first-order valence-electron chi connectivity index (χ1n) is 13.2. The van der Waals surface area contributed by atoms with Crippen LogP contribution in [-0.2, 0) is 9.53 Å². The van der Waals surface area contributed by atoms with E-state index in [4.69, 9.17) is 4.74 Å². The van der Waals surface area contributed by atoms with Gasteiger partial charge in [-0.15, -0.1) is 0 Å². The van der Waals surface area contributed by atoms with Crippen molar-refractivity contribution in [3.05, 3.63) is 30.0 Å². The van der Waals surface area contributed by atoms with E-state index in [1.165, 1.54) is 23.9 Å². The standard InChI is InChI=1S/C28H38N4O4/c1-19-18-32(23-6-5-21(17-22(19)23)31-14-9-24(33)29-25(31)34)20-7-10-28(11-8-20)12-15-30(16-13-28)26(35)36-27(2,3)4/h5-6,17-18,20H,7-16H2,1-4H3,(H,29,33,34). The quantitative estimate of drug-likeness (QED) is 0.595. The van der Waals surface area contributed by atoms with Crippen LogP contribution >= 0.6 is 0 Å². The highest BCUT2D eigenvalue weighted by Gasteiger charge is 2.40. The van der Waals surface area contributed by atoms with E-state index >= 15 is 0 Å². The van der Waals surface area contributed by atoms with Gasteiger partial charge in [0.25, 0.3) is 0 Å². The highest BCUT2D eigenvalue weighted by atomic mass is 16.6. The van der Waals surface area contributed by atoms with Gasteiger partial charge in [0.05, 0.1) is 0 Å². The van der Waals surface area contributed by atoms with E-state index < -0.39 is 5.60 Å². The Morgan fingerprint density at radius 2 is 1.75 bits per heavy atom. The van der Waals surface area contributed by atoms with Crippen molar-refractivity contribution in [3.8, 4) is 0 Å². The van der Waals surface area contributed by atoms with Crippen LogP contribution in [0.3, 0.4) is 0 Å². The Hall–Kier alpha value is -3.03. The zero-order chi connectivity index (χ0) is 25.7. The number of amides is 4. The summed E-state index contributed by atoms with van der Waals surface area (Å²) >= 11 is 0. The van der Waals surface area contributed by atoms with Crippen LogP contribution in [0.25, 0.3) is 10.9 Å². The van der Waals surface area contributed by atoms with Crippen LogP contribution in [0, 0.1) is 12.3 Å². The molecular formula is C28H38N4O4. The summed E-state index contributed by atoms with van der Waals surface area (Å²) in [6.45, 7) is 9.84. The molecule has 1 N–H and O–H groups in total. The number of ether oxygens (including phenoxy) is 1. The number of hydrogen-bond donors (Lipinski definition) is 1. The minimum Gasteiger partial charge on any atom is -0.444 e. The number of fused-ring (bicyclic) bond motifs is 1. The monoisotopic (exact) mass is 494 g/mol. The van der Waals surface area contributed by atoms with Crippen LogP contribution in [0.4, 0.5) is 15.3 Å². The molecule has 3 heterocycles. The number of anilines is 1. The second kappa shape index (κ2) is 9.12. The number of carbonyl (C=O) groups is 3. The van der Waals surface area contributed by atoms with Gasteiger partial charge in [0.1, 0.15) is 5.60 Å². The normalized spacial score (nSPS) is 21.2. The lowest BCUT2D eigenvalue weighted by Crippen LogP contribution is -2.49. The number of imide groups is 1. The number of nitrogens with zero attached hydrogens (tertiary/aromatic N) is 3. The molecule has 1 saturated carbocycles. The molecule has 2 saturated heterocycles. The number of urea groups is 1. The molecule has 0 bridgehead atoms. The summed E-state index contributed by atoms with van der Waals surface area (Å²) in [5.74, 6) is -0.217. The van der Waals surface area contributed by atoms with Crippen molar-refractivity contribution < 1.29 is 19.1 Å². The molecule has 1 aromatic carbocycles. The number of likely N-dealkylation sites (tertiary alicyclic amines) is 1. The van der Waals surface area contributed by atoms with Gasteiger partial charge in [0.2, 0.25) is 5.91 Å². The summed E-state index contributed by atoms with van der Waals surface area (Å²) < 4.78 is 8.00. The average Bonchev–Trinajstić information content (AvgIpc) is 3.15. The van der Waals surface area contributed by atoms with Gasteiger partial charge in [-0.2, -0.15) is 0 Å². The molecule has 3 fully saturated rings. The number of nitrogens with one attached hydrogen (secondary N) is 1. The second-order valence-corrected chi connectivity index (χ2v) is 11.9. The average molecular weight is 495 g/mol. The lowest BCUT2D eigenvalue weighted by atomic mass is 9.67. The lowest BCUT2D eigenvalue weighted by molar-refractivity contribution is -0.120. The van der Waals surface area contributed by atoms with Gasteiger partial charge >= 0.3 is 12.1 Å². The van der Waals surface area contributed by atoms with Gasteiger partial charge in [-0.25, -0.2) is 9.59 Å². The fraction of sp³-hybridized carbons (Fsp3) is 0.607. The maximum atomic E-state index is 12.5. The summed E-state index contributed by atoms with van der Waals surface area (Å²) in [5, 5.41) is 3.56. The topological polar surface area (TPSA) is 83.9 Å². The third kappa shape index (κ3) is 4.82. The molecule has 4 amide bonds. The highest BCUT2D eigenvalue weighted by molar-refractivity contribution is 6.06. The SMILES string of the molecule is Cc1cn(C2CCC3(CC2)CCN(C(=O)OC(C)(C)C)CC3)c2ccc(N3CCC(=O)NC3=O)cc12. The largest absolute Gasteiger partial charge is 0.444 e. The van der Waals surface area contributed by atoms with Crippen LogP contribution in [-0.4, -0.2) is 52.7 Å². The number of hydrogen-bond acceptors (Lipinski definition) is 4. The molecule has 1 spiro atoms. The fourth-order valence-electron chi connectivity index (χ4n) is 6.18. The summed E-state index contributed by atoms with van der Waals surface area (Å²) in [4.78, 5) is 39.8. The van der Waals surface area contributed by atoms with Gasteiger partial charge in [-0.05, 0) is 95.4 Å². The van der Waals surface area contributed by atoms with Crippen molar-refractivity contribution in [1.82, 2.24) is 14.8 Å². The Bertz CT molecular complexity index is 1180. The molecule has 8 nitrogen and oxygen atoms in total. The van der Waals surface area contributed by atoms with E-state index in [0.29, 0.717) is 24.4 Å². The highest BCUT2D eigenvalue weighted by Crippen LogP contribution is 2.48. The van der Waals surface area contributed by atoms with Crippen molar-refractivity contribution >= 4 is 34.6 Å². The lowest BCUT2D eigenvalue weighted by Gasteiger charge is -2.46. The molecule has 2 aromatic rings. The molecule has 2 aliphatic heterocycles. The summed E-state index contributed by atoms with van der Waals surface area (Å²) in [6.07, 6.45) is 9.11. The molecular weight excluding hydrogens is 456 g/mol. The van der Waals surface area contributed by atoms with Crippen molar-refractivity contribution in [2.75, 3.05) is 24.5 Å². The van der Waals surface area contributed by atoms with Crippen LogP contribution in [0.5, 0.6) is 0 Å². The van der Waals surface area contributed by atoms with Crippen molar-refractivity contribution in [2.45, 2.75) is 84.3 Å². The molecule has 8 heteroatoms. The molecule has 194 valence electrons. The van der Waals surface area contributed by atoms with Crippen molar-refractivity contribution in [2.24, 2.45) is 5.41 Å². The Kier molecular flexibility index (Phi) is 6.25. The second-order valence-electron chi connectivity index (χ2n) is 11.9. The van der Waals surface area contributed by atoms with E-state index in [9.17, 15) is 14.4 Å². The fourth-order valence-corrected chi connectivity index (χ4v) is 6.18. The minimum atomic E-state index is -0.456. The van der Waals surface area contributed by atoms with E-state index in [1.807, 2.05) is 31.7 Å². The Morgan fingerprint density at radius 1 is 1.06 bits per heavy atom. The van der Waals surface area contributed by atoms with Gasteiger partial charge in [0, 0.05) is 54.9 Å². The molecule has 5 rings (SSSR count). The van der Waals surface area contributed by atoms with Crippen LogP contribution in [0.15, 0.2) is 24.4 Å². The Balaban J connectivity index is 1.24. The number of benzene rings is 1. The number of carbonyl (C=O) groups excluding carboxylic acids is 3. The smallest absolute Gasteiger partial charge is 0.410 e. The zero-order valence-corrected chi connectivity index (χ0v) is 21.9. The summed E-state index contributed by atoms with van der Waals surface area (Å²) in [6, 6.07) is 6.29. The van der Waals surface area contributed by atoms with Crippen LogP contribution in [0.2, 0.25) is 0 Å². The number of rotatable bonds is 2. The van der Waals surface area contributed by atoms with Crippen molar-refractivity contribution in [1.29, 1.82) is 0 Å². The van der Waals surface area contributed by atoms with E-state index in [1.54, 1.807) is 4.90 Å². The predicted octanol–water partition coefficient (Wildman–Crippen LogP) is 5.53. The Morgan fingerprint density at radius 3 is 2.39 bits per heavy atom. The first-order valence-corrected chi connectivity index (χ1v) is 13.2. The summed E-state index contributed by atoms with van der Waals surface area (Å²) in [7, 11) is 0. The third-order valence-electron chi connectivity index (χ3n) is 8.27. The maximum absolute atomic E-state index is 12.5. The first kappa shape index (κ1) is 24.7. The molecule has 1 aliphatic carbocycles.